The zero-order valence-electron chi connectivity index (χ0n) is 17.5. The number of para-hydroxylation sites is 1. The molecule has 1 aromatic carbocycles. The molecule has 2 aromatic heterocycles. The van der Waals surface area contributed by atoms with E-state index in [1.165, 1.54) is 46.2 Å². The number of carbonyl (C=O) groups excluding carboxylic acids is 1. The molecule has 0 unspecified atom stereocenters. The molecule has 1 N–H and O–H groups in total. The number of aryl methyl sites for hydroxylation is 4. The number of amides is 1. The molecule has 0 aliphatic heterocycles. The molecule has 4 nitrogen and oxygen atoms in total. The van der Waals surface area contributed by atoms with Crippen molar-refractivity contribution in [2.45, 2.75) is 64.3 Å². The van der Waals surface area contributed by atoms with Gasteiger partial charge in [-0.25, -0.2) is 9.97 Å². The van der Waals surface area contributed by atoms with Crippen molar-refractivity contribution in [3.63, 3.8) is 0 Å². The fraction of sp³-hybridized carbons (Fsp3) is 0.435. The molecule has 152 valence electrons. The number of thioether (sulfide) groups is 1. The first-order chi connectivity index (χ1) is 14.0. The van der Waals surface area contributed by atoms with E-state index in [0.717, 1.165) is 39.6 Å². The molecule has 1 saturated carbocycles. The van der Waals surface area contributed by atoms with Crippen LogP contribution < -0.4 is 5.32 Å². The molecule has 29 heavy (non-hydrogen) atoms. The molecule has 1 aliphatic carbocycles. The Morgan fingerprint density at radius 3 is 2.48 bits per heavy atom. The highest BCUT2D eigenvalue weighted by Crippen LogP contribution is 2.42. The minimum Gasteiger partial charge on any atom is -0.325 e. The summed E-state index contributed by atoms with van der Waals surface area (Å²) in [5, 5.41) is 5.24. The second-order valence-electron chi connectivity index (χ2n) is 7.62. The standard InChI is InChI=1S/C23H27N3OS2/c1-5-15-8-7-9-16(6-2)20(15)24-18(27)12-28-22-19-13(3)14(4)29-23(19)26-21(25-22)17-10-11-17/h7-9,17H,5-6,10-12H2,1-4H3,(H,24,27). The number of nitrogens with one attached hydrogen (secondary N) is 1. The van der Waals surface area contributed by atoms with Crippen LogP contribution in [0.5, 0.6) is 0 Å². The number of benzene rings is 1. The Bertz CT molecular complexity index is 1050. The summed E-state index contributed by atoms with van der Waals surface area (Å²) in [6, 6.07) is 6.26. The van der Waals surface area contributed by atoms with Crippen molar-refractivity contribution in [2.24, 2.45) is 0 Å². The van der Waals surface area contributed by atoms with E-state index in [1.807, 2.05) is 0 Å². The highest BCUT2D eigenvalue weighted by Gasteiger charge is 2.28. The Balaban J connectivity index is 1.56. The number of anilines is 1. The maximum atomic E-state index is 12.8. The van der Waals surface area contributed by atoms with Gasteiger partial charge in [-0.3, -0.25) is 4.79 Å². The summed E-state index contributed by atoms with van der Waals surface area (Å²) >= 11 is 3.27. The van der Waals surface area contributed by atoms with E-state index in [1.54, 1.807) is 11.3 Å². The summed E-state index contributed by atoms with van der Waals surface area (Å²) in [5.74, 6) is 1.83. The van der Waals surface area contributed by atoms with E-state index in [2.05, 4.69) is 51.2 Å². The van der Waals surface area contributed by atoms with Crippen LogP contribution in [0.15, 0.2) is 23.2 Å². The Kier molecular flexibility index (Phi) is 5.93. The van der Waals surface area contributed by atoms with Crippen LogP contribution in [-0.4, -0.2) is 21.6 Å². The van der Waals surface area contributed by atoms with Gasteiger partial charge in [0.05, 0.1) is 5.75 Å². The van der Waals surface area contributed by atoms with Gasteiger partial charge in [0.25, 0.3) is 0 Å². The molecule has 0 bridgehead atoms. The number of nitrogens with zero attached hydrogens (tertiary/aromatic N) is 2. The van der Waals surface area contributed by atoms with Gasteiger partial charge in [-0.1, -0.05) is 43.8 Å². The highest BCUT2D eigenvalue weighted by molar-refractivity contribution is 8.00. The van der Waals surface area contributed by atoms with E-state index >= 15 is 0 Å². The molecule has 4 rings (SSSR count). The van der Waals surface area contributed by atoms with Gasteiger partial charge in [0, 0.05) is 21.9 Å². The normalized spacial score (nSPS) is 13.8. The number of fused-ring (bicyclic) bond motifs is 1. The van der Waals surface area contributed by atoms with E-state index in [9.17, 15) is 4.79 Å². The maximum absolute atomic E-state index is 12.8. The third-order valence-corrected chi connectivity index (χ3v) is 7.64. The van der Waals surface area contributed by atoms with Crippen LogP contribution in [0.4, 0.5) is 5.69 Å². The zero-order valence-corrected chi connectivity index (χ0v) is 19.1. The van der Waals surface area contributed by atoms with Crippen LogP contribution in [0, 0.1) is 13.8 Å². The van der Waals surface area contributed by atoms with Crippen molar-refractivity contribution in [2.75, 3.05) is 11.1 Å². The summed E-state index contributed by atoms with van der Waals surface area (Å²) in [7, 11) is 0. The van der Waals surface area contributed by atoms with Crippen LogP contribution in [0.3, 0.4) is 0 Å². The Morgan fingerprint density at radius 1 is 1.17 bits per heavy atom. The minimum atomic E-state index is 0.0231. The van der Waals surface area contributed by atoms with E-state index in [-0.39, 0.29) is 5.91 Å². The molecule has 1 aliphatic rings. The Labute approximate surface area is 180 Å². The van der Waals surface area contributed by atoms with Gasteiger partial charge in [-0.05, 0) is 56.2 Å². The summed E-state index contributed by atoms with van der Waals surface area (Å²) < 4.78 is 0. The smallest absolute Gasteiger partial charge is 0.234 e. The van der Waals surface area contributed by atoms with Crippen LogP contribution in [-0.2, 0) is 17.6 Å². The second kappa shape index (κ2) is 8.44. The third-order valence-electron chi connectivity index (χ3n) is 5.56. The lowest BCUT2D eigenvalue weighted by molar-refractivity contribution is -0.113. The molecule has 0 radical (unpaired) electrons. The largest absolute Gasteiger partial charge is 0.325 e. The van der Waals surface area contributed by atoms with E-state index in [4.69, 9.17) is 9.97 Å². The first-order valence-electron chi connectivity index (χ1n) is 10.3. The van der Waals surface area contributed by atoms with Crippen molar-refractivity contribution in [3.05, 3.63) is 45.6 Å². The monoisotopic (exact) mass is 425 g/mol. The molecule has 3 aromatic rings. The van der Waals surface area contributed by atoms with Crippen LogP contribution in [0.2, 0.25) is 0 Å². The fourth-order valence-corrected chi connectivity index (χ4v) is 5.56. The van der Waals surface area contributed by atoms with Crippen LogP contribution in [0.25, 0.3) is 10.2 Å². The number of rotatable bonds is 7. The number of thiophene rings is 1. The van der Waals surface area contributed by atoms with Crippen molar-refractivity contribution < 1.29 is 4.79 Å². The second-order valence-corrected chi connectivity index (χ2v) is 9.79. The van der Waals surface area contributed by atoms with E-state index in [0.29, 0.717) is 11.7 Å². The lowest BCUT2D eigenvalue weighted by atomic mass is 10.0. The van der Waals surface area contributed by atoms with Gasteiger partial charge in [-0.15, -0.1) is 11.3 Å². The molecule has 2 heterocycles. The molecule has 0 spiro atoms. The third kappa shape index (κ3) is 4.19. The first kappa shape index (κ1) is 20.4. The fourth-order valence-electron chi connectivity index (χ4n) is 3.57. The summed E-state index contributed by atoms with van der Waals surface area (Å²) in [4.78, 5) is 24.8. The van der Waals surface area contributed by atoms with Gasteiger partial charge in [0.1, 0.15) is 15.7 Å². The van der Waals surface area contributed by atoms with Crippen molar-refractivity contribution in [1.82, 2.24) is 9.97 Å². The van der Waals surface area contributed by atoms with Gasteiger partial charge in [-0.2, -0.15) is 0 Å². The summed E-state index contributed by atoms with van der Waals surface area (Å²) in [6.07, 6.45) is 4.16. The SMILES string of the molecule is CCc1cccc(CC)c1NC(=O)CSc1nc(C2CC2)nc2sc(C)c(C)c12. The lowest BCUT2D eigenvalue weighted by Crippen LogP contribution is -2.17. The zero-order chi connectivity index (χ0) is 20.5. The van der Waals surface area contributed by atoms with Gasteiger partial charge in [0.15, 0.2) is 0 Å². The predicted molar refractivity (Wildman–Crippen MR) is 123 cm³/mol. The van der Waals surface area contributed by atoms with Crippen molar-refractivity contribution in [3.8, 4) is 0 Å². The average Bonchev–Trinajstić information content (AvgIpc) is 3.52. The Hall–Kier alpha value is -1.92. The van der Waals surface area contributed by atoms with E-state index < -0.39 is 0 Å². The van der Waals surface area contributed by atoms with Crippen LogP contribution in [0.1, 0.15) is 60.0 Å². The highest BCUT2D eigenvalue weighted by atomic mass is 32.2. The summed E-state index contributed by atoms with van der Waals surface area (Å²) in [6.45, 7) is 8.51. The first-order valence-corrected chi connectivity index (χ1v) is 12.1. The molecule has 0 atom stereocenters. The predicted octanol–water partition coefficient (Wildman–Crippen LogP) is 6.04. The molecule has 1 amide bonds. The van der Waals surface area contributed by atoms with Crippen LogP contribution >= 0.6 is 23.1 Å². The number of aromatic nitrogens is 2. The summed E-state index contributed by atoms with van der Waals surface area (Å²) in [5.41, 5.74) is 4.59. The van der Waals surface area contributed by atoms with Crippen molar-refractivity contribution in [1.29, 1.82) is 0 Å². The molecule has 6 heteroatoms. The lowest BCUT2D eigenvalue weighted by Gasteiger charge is -2.14. The van der Waals surface area contributed by atoms with Gasteiger partial charge in [0.2, 0.25) is 5.91 Å². The number of hydrogen-bond acceptors (Lipinski definition) is 5. The van der Waals surface area contributed by atoms with Gasteiger partial charge < -0.3 is 5.32 Å². The van der Waals surface area contributed by atoms with Gasteiger partial charge >= 0.3 is 0 Å². The average molecular weight is 426 g/mol. The molecule has 0 saturated heterocycles. The number of carbonyl (C=O) groups is 1. The van der Waals surface area contributed by atoms with Crippen molar-refractivity contribution >= 4 is 44.9 Å². The minimum absolute atomic E-state index is 0.0231. The quantitative estimate of drug-likeness (QED) is 0.370. The Morgan fingerprint density at radius 2 is 1.86 bits per heavy atom. The molecular formula is C23H27N3OS2. The maximum Gasteiger partial charge on any atom is 0.234 e. The number of hydrogen-bond donors (Lipinski definition) is 1. The molecular weight excluding hydrogens is 398 g/mol. The molecule has 1 fully saturated rings. The topological polar surface area (TPSA) is 54.9 Å².